The molecule has 14 rings (SSSR count). The molecule has 2 aromatic carbocycles. The van der Waals surface area contributed by atoms with E-state index < -0.39 is 0 Å². The summed E-state index contributed by atoms with van der Waals surface area (Å²) in [6.45, 7) is 16.8. The number of aromatic nitrogens is 8. The van der Waals surface area contributed by atoms with Crippen LogP contribution in [-0.2, 0) is 47.7 Å². The summed E-state index contributed by atoms with van der Waals surface area (Å²) < 4.78 is 44.0. The monoisotopic (exact) mass is 1720 g/mol. The van der Waals surface area contributed by atoms with Crippen molar-refractivity contribution in [3.63, 3.8) is 0 Å². The normalized spacial score (nSPS) is 17.8. The van der Waals surface area contributed by atoms with Gasteiger partial charge in [0.05, 0.1) is 74.4 Å². The molecule has 98 heavy (non-hydrogen) atoms. The molecule has 6 saturated heterocycles. The number of halogens is 6. The maximum absolute atomic E-state index is 8.45. The molecule has 6 fully saturated rings. The molecule has 12 heterocycles. The van der Waals surface area contributed by atoms with Crippen LogP contribution in [0.1, 0.15) is 133 Å². The summed E-state index contributed by atoms with van der Waals surface area (Å²) in [5.41, 5.74) is 5.43. The van der Waals surface area contributed by atoms with Crippen LogP contribution >= 0.6 is 57.4 Å². The third-order valence-electron chi connectivity index (χ3n) is 14.4. The predicted molar refractivity (Wildman–Crippen MR) is 393 cm³/mol. The van der Waals surface area contributed by atoms with Crippen molar-refractivity contribution in [1.29, 1.82) is 0 Å². The Hall–Kier alpha value is -2.40. The number of epoxide rings is 1. The number of H-pyrrole nitrogens is 1. The number of aryl methyl sites for hydroxylation is 3. The van der Waals surface area contributed by atoms with Crippen LogP contribution in [0.3, 0.4) is 0 Å². The van der Waals surface area contributed by atoms with Gasteiger partial charge >= 0.3 is 46.1 Å². The average Bonchev–Trinajstić information content (AvgIpc) is 1.90. The first kappa shape index (κ1) is 93.6. The van der Waals surface area contributed by atoms with Crippen molar-refractivity contribution in [2.24, 2.45) is 0 Å². The van der Waals surface area contributed by atoms with E-state index in [4.69, 9.17) is 73.1 Å². The van der Waals surface area contributed by atoms with E-state index in [1.807, 2.05) is 99.3 Å². The number of aliphatic hydroxyl groups excluding tert-OH is 2. The van der Waals surface area contributed by atoms with Crippen LogP contribution in [0.4, 0.5) is 0 Å². The van der Waals surface area contributed by atoms with E-state index in [2.05, 4.69) is 99.0 Å². The van der Waals surface area contributed by atoms with E-state index in [0.29, 0.717) is 64.0 Å². The first-order valence-corrected chi connectivity index (χ1v) is 35.5. The van der Waals surface area contributed by atoms with Crippen molar-refractivity contribution in [2.45, 2.75) is 167 Å². The topological polar surface area (TPSA) is 223 Å². The summed E-state index contributed by atoms with van der Waals surface area (Å²) in [5, 5.41) is 29.5. The van der Waals surface area contributed by atoms with Gasteiger partial charge in [-0.05, 0) is 145 Å². The van der Waals surface area contributed by atoms with Gasteiger partial charge in [0.25, 0.3) is 0 Å². The van der Waals surface area contributed by atoms with Crippen LogP contribution in [0, 0.1) is 20.3 Å². The Balaban J connectivity index is 0.000000580. The van der Waals surface area contributed by atoms with Gasteiger partial charge in [-0.15, -0.1) is 0 Å². The number of hydrogen-bond acceptors (Lipinski definition) is 16. The molecule has 0 amide bonds. The number of nitrogens with zero attached hydrogens (tertiary/aromatic N) is 7. The number of alkyl halides is 1. The van der Waals surface area contributed by atoms with Crippen molar-refractivity contribution in [2.75, 3.05) is 63.9 Å². The quantitative estimate of drug-likeness (QED) is 0.0204. The zero-order valence-electron chi connectivity index (χ0n) is 57.1. The minimum absolute atomic E-state index is 0. The average molecular weight is 1720 g/mol. The summed E-state index contributed by atoms with van der Waals surface area (Å²) in [7, 11) is 0. The van der Waals surface area contributed by atoms with Crippen LogP contribution in [-0.4, -0.2) is 191 Å². The molecule has 18 nitrogen and oxygen atoms in total. The number of aromatic amines is 1. The van der Waals surface area contributed by atoms with Gasteiger partial charge in [0, 0.05) is 99.5 Å². The number of hydrogen-bond donors (Lipinski definition) is 3. The Kier molecular flexibility index (Phi) is 57.2. The molecule has 3 N–H and O–H groups in total. The van der Waals surface area contributed by atoms with Gasteiger partial charge in [-0.2, -0.15) is 30.5 Å². The molecule has 8 aromatic rings. The molecule has 5 atom stereocenters. The summed E-state index contributed by atoms with van der Waals surface area (Å²) in [6.07, 6.45) is 31.5. The molecule has 6 aromatic heterocycles. The van der Waals surface area contributed by atoms with E-state index >= 15 is 0 Å². The van der Waals surface area contributed by atoms with Crippen molar-refractivity contribution in [1.82, 2.24) is 39.9 Å². The van der Waals surface area contributed by atoms with Crippen LogP contribution < -0.4 is 41.0 Å². The van der Waals surface area contributed by atoms with E-state index in [1.165, 1.54) is 54.1 Å². The maximum Gasteiger partial charge on any atom is 2.00 e. The van der Waals surface area contributed by atoms with Crippen LogP contribution in [0.2, 0.25) is 15.5 Å². The molecule has 532 valence electrons. The van der Waals surface area contributed by atoms with Crippen molar-refractivity contribution < 1.29 is 88.4 Å². The third-order valence-corrected chi connectivity index (χ3v) is 15.6. The molecular weight excluding hydrogens is 1630 g/mol. The predicted octanol–water partition coefficient (Wildman–Crippen LogP) is 9.89. The Morgan fingerprint density at radius 1 is 0.582 bits per heavy atom. The fourth-order valence-electron chi connectivity index (χ4n) is 9.67. The number of ether oxygens (including phenoxy) is 6. The second-order valence-corrected chi connectivity index (χ2v) is 24.6. The molecule has 6 aliphatic rings. The molecule has 26 heteroatoms. The van der Waals surface area contributed by atoms with Gasteiger partial charge in [-0.25, -0.2) is 24.6 Å². The number of furan rings is 2. The summed E-state index contributed by atoms with van der Waals surface area (Å²) >= 11 is 20.2. The molecule has 5 unspecified atom stereocenters. The molecule has 0 radical (unpaired) electrons. The summed E-state index contributed by atoms with van der Waals surface area (Å²) in [6, 6.07) is 32.9. The molecule has 0 saturated carbocycles. The van der Waals surface area contributed by atoms with Crippen LogP contribution in [0.5, 0.6) is 0 Å². The standard InChI is InChI=1S/C20H21ClN4O.C10H12Cl2N2O.C9H8N2.C6H11IO.C6H12O2.C6H8O2.C6H11O.C4H4O.C3H7.C2H4O.BrH.HI.2Mg/c1-14-4-2-5-15(12-14)17-9-10-25(24-17)20-13-18(21)22-19(23-20)8-7-16-6-3-11-26-16;11-8-6-9(12)14-10(13-8)4-3-7-2-1-5-15-7;1-2-4-8(5-3-1)9-6-7-10-11-9;3*7-4-3-6-2-1-5-8-6;1-2-6-4-3-5-7-6;1-2-4-5-3-1;1-3-2;1-2-3-1;;;;/h2,4-5,9-10,12-13,16H,3,6-8,11H2,1H3;6-7H,1-5H2;1-7H,(H,10,11);6H,1-5H2;6-7H,1-5H2;1-2,5,7H,3-4H2;6H,1-5H2;1-4H;3H,1-2H3;1-2H2;2*1H;;/q;;;;;;-1;;-1;;;;2*+2/p-2. The van der Waals surface area contributed by atoms with E-state index in [1.54, 1.807) is 41.8 Å². The van der Waals surface area contributed by atoms with Gasteiger partial charge in [0.1, 0.15) is 32.9 Å². The second-order valence-electron chi connectivity index (χ2n) is 22.3. The summed E-state index contributed by atoms with van der Waals surface area (Å²) in [4.78, 5) is 17.2. The van der Waals surface area contributed by atoms with Crippen molar-refractivity contribution in [3.05, 3.63) is 186 Å². The number of rotatable bonds is 16. The minimum atomic E-state index is 0. The van der Waals surface area contributed by atoms with E-state index in [0.717, 1.165) is 145 Å². The molecule has 0 bridgehead atoms. The second kappa shape index (κ2) is 59.9. The molecule has 6 aliphatic heterocycles. The van der Waals surface area contributed by atoms with Gasteiger partial charge in [-0.3, -0.25) is 5.10 Å². The first-order chi connectivity index (χ1) is 46.0. The Morgan fingerprint density at radius 2 is 1.09 bits per heavy atom. The van der Waals surface area contributed by atoms with E-state index in [9.17, 15) is 0 Å². The fraction of sp³-hybridized carbons (Fsp3) is 0.500. The molecular formula is C72H98BrCl3I2Mg2N8O10. The smallest absolute Gasteiger partial charge is 1.00 e. The van der Waals surface area contributed by atoms with Gasteiger partial charge in [0.15, 0.2) is 5.82 Å². The molecule has 0 aliphatic carbocycles. The van der Waals surface area contributed by atoms with Gasteiger partial charge in [0.2, 0.25) is 0 Å². The van der Waals surface area contributed by atoms with Gasteiger partial charge < -0.3 is 102 Å². The Bertz CT molecular complexity index is 3020. The minimum Gasteiger partial charge on any atom is -1.00 e. The Labute approximate surface area is 670 Å². The largest absolute Gasteiger partial charge is 2.00 e. The molecule has 0 spiro atoms. The zero-order valence-corrected chi connectivity index (χ0v) is 68.1. The van der Waals surface area contributed by atoms with Crippen LogP contribution in [0.15, 0.2) is 143 Å². The third kappa shape index (κ3) is 43.0. The number of nitrogens with one attached hydrogen (secondary N) is 1. The van der Waals surface area contributed by atoms with Crippen molar-refractivity contribution >= 4 is 103 Å². The van der Waals surface area contributed by atoms with E-state index in [-0.39, 0.29) is 100 Å². The first-order valence-electron chi connectivity index (χ1n) is 32.9. The number of aliphatic hydroxyl groups is 2. The number of benzene rings is 2. The fourth-order valence-corrected chi connectivity index (χ4v) is 11.0. The zero-order chi connectivity index (χ0) is 67.1. The summed E-state index contributed by atoms with van der Waals surface area (Å²) in [5.74, 6) is 2.96. The maximum atomic E-state index is 8.45. The van der Waals surface area contributed by atoms with Crippen molar-refractivity contribution in [3.8, 4) is 28.3 Å². The van der Waals surface area contributed by atoms with Crippen LogP contribution in [0.25, 0.3) is 28.3 Å². The van der Waals surface area contributed by atoms with Gasteiger partial charge in [-0.1, -0.05) is 111 Å². The Morgan fingerprint density at radius 3 is 1.51 bits per heavy atom. The SMILES string of the molecule is C1CO1.C[CH-]C.Cc1cccc(-c2ccn(-c3cc(Cl)nc(CCC4CCCO4)n3)n2)c1.Clc1cc(Cl)nc(CCC2CCCO2)n1.ICCC1CCCO1.OCCC1CCCO1.OCCc1ccco1.[Br-].[CH2-]CC1CCCO1.[I-].[Mg+2].[Mg+2].c1ccc(-c2ccn[nH]2)cc1.c1ccoc1.